The van der Waals surface area contributed by atoms with Gasteiger partial charge in [-0.2, -0.15) is 5.26 Å². The van der Waals surface area contributed by atoms with Crippen LogP contribution in [0.3, 0.4) is 0 Å². The van der Waals surface area contributed by atoms with Crippen LogP contribution in [0.4, 0.5) is 0 Å². The molecule has 0 aromatic heterocycles. The maximum absolute atomic E-state index is 12.0. The van der Waals surface area contributed by atoms with Gasteiger partial charge < -0.3 is 14.9 Å². The fourth-order valence-corrected chi connectivity index (χ4v) is 8.06. The summed E-state index contributed by atoms with van der Waals surface area (Å²) in [6.45, 7) is 5.91. The van der Waals surface area contributed by atoms with Gasteiger partial charge in [-0.05, 0) is 81.0 Å². The van der Waals surface area contributed by atoms with Crippen LogP contribution >= 0.6 is 0 Å². The van der Waals surface area contributed by atoms with Gasteiger partial charge in [0.05, 0.1) is 23.7 Å². The molecule has 0 saturated heterocycles. The third-order valence-corrected chi connectivity index (χ3v) is 9.82. The molecule has 0 unspecified atom stereocenters. The van der Waals surface area contributed by atoms with Gasteiger partial charge in [0, 0.05) is 12.3 Å². The number of esters is 1. The second-order valence-corrected chi connectivity index (χ2v) is 10.7. The molecule has 4 aliphatic rings. The van der Waals surface area contributed by atoms with Crippen LogP contribution < -0.4 is 0 Å². The average Bonchev–Trinajstić information content (AvgIpc) is 2.83. The molecule has 0 aliphatic heterocycles. The normalized spacial score (nSPS) is 52.7. The zero-order valence-corrected chi connectivity index (χ0v) is 17.5. The van der Waals surface area contributed by atoms with Crippen molar-refractivity contribution in [1.82, 2.24) is 0 Å². The maximum Gasteiger partial charge on any atom is 0.302 e. The molecule has 0 radical (unpaired) electrons. The number of aliphatic hydroxyl groups is 2. The predicted octanol–water partition coefficient (Wildman–Crippen LogP) is 3.72. The highest BCUT2D eigenvalue weighted by Crippen LogP contribution is 2.70. The van der Waals surface area contributed by atoms with Crippen LogP contribution in [-0.2, 0) is 9.53 Å². The average molecular weight is 390 g/mol. The summed E-state index contributed by atoms with van der Waals surface area (Å²) in [4.78, 5) is 11.4. The Bertz CT molecular complexity index is 703. The van der Waals surface area contributed by atoms with Gasteiger partial charge in [0.15, 0.2) is 0 Å². The smallest absolute Gasteiger partial charge is 0.302 e. The van der Waals surface area contributed by atoms with E-state index in [2.05, 4.69) is 13.0 Å². The van der Waals surface area contributed by atoms with E-state index in [1.54, 1.807) is 0 Å². The first kappa shape index (κ1) is 20.2. The first-order valence-electron chi connectivity index (χ1n) is 11.1. The van der Waals surface area contributed by atoms with Crippen molar-refractivity contribution in [3.8, 4) is 6.07 Å². The highest BCUT2D eigenvalue weighted by molar-refractivity contribution is 5.66. The van der Waals surface area contributed by atoms with Crippen molar-refractivity contribution in [2.24, 2.45) is 28.6 Å². The van der Waals surface area contributed by atoms with Gasteiger partial charge in [-0.1, -0.05) is 13.8 Å². The topological polar surface area (TPSA) is 90.5 Å². The number of carbonyl (C=O) groups excluding carboxylic acids is 1. The maximum atomic E-state index is 12.0. The molecule has 156 valence electrons. The van der Waals surface area contributed by atoms with E-state index in [1.165, 1.54) is 6.92 Å². The van der Waals surface area contributed by atoms with Crippen LogP contribution in [0, 0.1) is 39.9 Å². The Morgan fingerprint density at radius 2 is 1.82 bits per heavy atom. The van der Waals surface area contributed by atoms with Gasteiger partial charge in [0.1, 0.15) is 6.10 Å². The van der Waals surface area contributed by atoms with Crippen LogP contribution in [0.1, 0.15) is 85.0 Å². The molecule has 4 saturated carbocycles. The largest absolute Gasteiger partial charge is 0.463 e. The van der Waals surface area contributed by atoms with Gasteiger partial charge in [0.2, 0.25) is 0 Å². The zero-order chi connectivity index (χ0) is 20.4. The van der Waals surface area contributed by atoms with E-state index in [0.717, 1.165) is 44.9 Å². The Labute approximate surface area is 168 Å². The lowest BCUT2D eigenvalue weighted by atomic mass is 9.43. The summed E-state index contributed by atoms with van der Waals surface area (Å²) in [6, 6.07) is 2.17. The Hall–Kier alpha value is -1.12. The van der Waals surface area contributed by atoms with Crippen molar-refractivity contribution in [3.05, 3.63) is 0 Å². The van der Waals surface area contributed by atoms with E-state index in [-0.39, 0.29) is 29.8 Å². The second kappa shape index (κ2) is 6.44. The number of hydrogen-bond acceptors (Lipinski definition) is 5. The molecular formula is C23H35NO4. The van der Waals surface area contributed by atoms with Gasteiger partial charge >= 0.3 is 5.97 Å². The lowest BCUT2D eigenvalue weighted by Crippen LogP contribution is -2.65. The minimum absolute atomic E-state index is 0.0382. The number of nitrogens with zero attached hydrogens (tertiary/aromatic N) is 1. The summed E-state index contributed by atoms with van der Waals surface area (Å²) < 4.78 is 5.53. The van der Waals surface area contributed by atoms with Crippen LogP contribution in [0.2, 0.25) is 0 Å². The van der Waals surface area contributed by atoms with Crippen molar-refractivity contribution < 1.29 is 19.7 Å². The lowest BCUT2D eigenvalue weighted by molar-refractivity contribution is -0.235. The second-order valence-electron chi connectivity index (χ2n) is 10.7. The Morgan fingerprint density at radius 1 is 1.07 bits per heavy atom. The van der Waals surface area contributed by atoms with Gasteiger partial charge in [-0.25, -0.2) is 0 Å². The molecule has 4 aliphatic carbocycles. The van der Waals surface area contributed by atoms with E-state index < -0.39 is 16.6 Å². The number of nitriles is 1. The zero-order valence-electron chi connectivity index (χ0n) is 17.5. The number of carbonyl (C=O) groups is 1. The fraction of sp³-hybridized carbons (Fsp3) is 0.913. The minimum Gasteiger partial charge on any atom is -0.463 e. The summed E-state index contributed by atoms with van der Waals surface area (Å²) in [6.07, 6.45) is 7.93. The van der Waals surface area contributed by atoms with Crippen molar-refractivity contribution in [3.63, 3.8) is 0 Å². The number of ether oxygens (including phenoxy) is 1. The molecular weight excluding hydrogens is 354 g/mol. The van der Waals surface area contributed by atoms with Gasteiger partial charge in [0.25, 0.3) is 0 Å². The molecule has 28 heavy (non-hydrogen) atoms. The summed E-state index contributed by atoms with van der Waals surface area (Å²) in [5.74, 6) is 0.963. The Balaban J connectivity index is 1.60. The number of fused-ring (bicyclic) bond motifs is 5. The van der Waals surface area contributed by atoms with Gasteiger partial charge in [-0.3, -0.25) is 4.79 Å². The molecule has 0 amide bonds. The monoisotopic (exact) mass is 389 g/mol. The van der Waals surface area contributed by atoms with Crippen LogP contribution in [-0.4, -0.2) is 33.5 Å². The molecule has 0 bridgehead atoms. The van der Waals surface area contributed by atoms with Crippen LogP contribution in [0.25, 0.3) is 0 Å². The first-order chi connectivity index (χ1) is 13.1. The molecule has 5 heteroatoms. The molecule has 2 N–H and O–H groups in total. The molecule has 4 rings (SSSR count). The fourth-order valence-electron chi connectivity index (χ4n) is 8.06. The molecule has 8 atom stereocenters. The first-order valence-corrected chi connectivity index (χ1v) is 11.1. The third-order valence-electron chi connectivity index (χ3n) is 9.82. The summed E-state index contributed by atoms with van der Waals surface area (Å²) in [5, 5.41) is 32.5. The minimum atomic E-state index is -1.08. The summed E-state index contributed by atoms with van der Waals surface area (Å²) in [5.41, 5.74) is -2.41. The van der Waals surface area contributed by atoms with Crippen LogP contribution in [0.15, 0.2) is 0 Å². The van der Waals surface area contributed by atoms with E-state index in [1.807, 2.05) is 6.92 Å². The Kier molecular flexibility index (Phi) is 4.64. The van der Waals surface area contributed by atoms with Crippen molar-refractivity contribution in [1.29, 1.82) is 5.26 Å². The quantitative estimate of drug-likeness (QED) is 0.703. The standard InChI is InChI=1S/C23H35NO4/c1-15(25)28-17-6-8-20(2)16(14-17)4-5-19-18(20)7-9-21(3)22(26,12-13-24)10-11-23(19,21)27/h16-19,26-27H,4-12,14H2,1-3H3/t16-,17+,18+,19-,20+,21-,22+,23+/m1/s1. The van der Waals surface area contributed by atoms with E-state index in [9.17, 15) is 20.3 Å². The summed E-state index contributed by atoms with van der Waals surface area (Å²) in [7, 11) is 0. The highest BCUT2D eigenvalue weighted by Gasteiger charge is 2.71. The Morgan fingerprint density at radius 3 is 2.50 bits per heavy atom. The predicted molar refractivity (Wildman–Crippen MR) is 104 cm³/mol. The number of hydrogen-bond donors (Lipinski definition) is 2. The van der Waals surface area contributed by atoms with Crippen LogP contribution in [0.5, 0.6) is 0 Å². The van der Waals surface area contributed by atoms with E-state index in [0.29, 0.717) is 24.7 Å². The van der Waals surface area contributed by atoms with Crippen molar-refractivity contribution >= 4 is 5.97 Å². The lowest BCUT2D eigenvalue weighted by Gasteiger charge is -2.64. The molecule has 0 spiro atoms. The summed E-state index contributed by atoms with van der Waals surface area (Å²) >= 11 is 0. The van der Waals surface area contributed by atoms with E-state index >= 15 is 0 Å². The molecule has 5 nitrogen and oxygen atoms in total. The van der Waals surface area contributed by atoms with Crippen molar-refractivity contribution in [2.45, 2.75) is 102 Å². The molecule has 0 heterocycles. The SMILES string of the molecule is CC(=O)O[C@H]1CC[C@@]2(C)[C@H](CC[C@@H]3[C@@H]2CC[C@]2(C)[C@@](O)(CC#N)CC[C@]32O)C1. The molecule has 0 aromatic rings. The number of rotatable bonds is 2. The highest BCUT2D eigenvalue weighted by atomic mass is 16.5. The van der Waals surface area contributed by atoms with Crippen molar-refractivity contribution in [2.75, 3.05) is 0 Å². The van der Waals surface area contributed by atoms with E-state index in [4.69, 9.17) is 4.74 Å². The third kappa shape index (κ3) is 2.53. The molecule has 4 fully saturated rings. The van der Waals surface area contributed by atoms with Gasteiger partial charge in [-0.15, -0.1) is 0 Å². The molecule has 0 aromatic carbocycles.